The second kappa shape index (κ2) is 11.2. The van der Waals surface area contributed by atoms with Crippen LogP contribution in [0.3, 0.4) is 0 Å². The Hall–Kier alpha value is -0.440. The molecule has 1 nitrogen and oxygen atoms in total. The van der Waals surface area contributed by atoms with Crippen LogP contribution in [0.1, 0.15) is 59.3 Å². The largest absolute Gasteiger partial charge is 0.378 e. The van der Waals surface area contributed by atoms with E-state index in [0.717, 1.165) is 25.2 Å². The van der Waals surface area contributed by atoms with E-state index in [0.29, 0.717) is 12.3 Å². The number of alkyl halides is 2. The van der Waals surface area contributed by atoms with Crippen LogP contribution in [0.4, 0.5) is 8.78 Å². The maximum absolute atomic E-state index is 14.1. The van der Waals surface area contributed by atoms with Crippen molar-refractivity contribution in [1.29, 1.82) is 0 Å². The van der Waals surface area contributed by atoms with Crippen molar-refractivity contribution in [3.05, 3.63) is 13.2 Å². The van der Waals surface area contributed by atoms with Crippen LogP contribution in [0.5, 0.6) is 0 Å². The average molecular weight is 304 g/mol. The molecule has 0 aromatic rings. The van der Waals surface area contributed by atoms with Crippen LogP contribution in [-0.4, -0.2) is 25.6 Å². The lowest BCUT2D eigenvalue weighted by atomic mass is 9.69. The quantitative estimate of drug-likeness (QED) is 0.591. The molecule has 0 heterocycles. The summed E-state index contributed by atoms with van der Waals surface area (Å²) < 4.78 is 32.9. The van der Waals surface area contributed by atoms with E-state index < -0.39 is 18.4 Å². The molecule has 2 rings (SSSR count). The summed E-state index contributed by atoms with van der Waals surface area (Å²) in [6.45, 7) is 12.3. The Kier molecular flexibility index (Phi) is 10.9. The molecule has 2 fully saturated rings. The van der Waals surface area contributed by atoms with Gasteiger partial charge in [0, 0.05) is 7.11 Å². The molecule has 0 bridgehead atoms. The van der Waals surface area contributed by atoms with E-state index in [1.54, 1.807) is 0 Å². The van der Waals surface area contributed by atoms with Crippen LogP contribution in [0, 0.1) is 17.8 Å². The maximum Gasteiger partial charge on any atom is 0.157 e. The van der Waals surface area contributed by atoms with Gasteiger partial charge in [0.1, 0.15) is 6.17 Å². The molecule has 4 atom stereocenters. The van der Waals surface area contributed by atoms with Gasteiger partial charge >= 0.3 is 0 Å². The van der Waals surface area contributed by atoms with Crippen LogP contribution in [0.25, 0.3) is 0 Å². The van der Waals surface area contributed by atoms with Crippen molar-refractivity contribution < 1.29 is 13.5 Å². The van der Waals surface area contributed by atoms with E-state index in [9.17, 15) is 8.78 Å². The predicted octanol–water partition coefficient (Wildman–Crippen LogP) is 5.74. The SMILES string of the molecule is C=C.CC.COC1CCC(C2CCC(C)CC2)C(F)C1F. The fraction of sp³-hybridized carbons (Fsp3) is 0.889. The zero-order chi connectivity index (χ0) is 16.4. The Morgan fingerprint density at radius 2 is 1.38 bits per heavy atom. The van der Waals surface area contributed by atoms with Crippen LogP contribution in [0.2, 0.25) is 0 Å². The zero-order valence-corrected chi connectivity index (χ0v) is 14.3. The monoisotopic (exact) mass is 304 g/mol. The van der Waals surface area contributed by atoms with Gasteiger partial charge < -0.3 is 4.74 Å². The Balaban J connectivity index is 0.000000921. The minimum Gasteiger partial charge on any atom is -0.378 e. The van der Waals surface area contributed by atoms with Gasteiger partial charge in [-0.05, 0) is 43.4 Å². The molecule has 4 unspecified atom stereocenters. The summed E-state index contributed by atoms with van der Waals surface area (Å²) in [5, 5.41) is 0. The number of hydrogen-bond acceptors (Lipinski definition) is 1. The molecule has 0 aliphatic heterocycles. The smallest absolute Gasteiger partial charge is 0.157 e. The molecule has 0 spiro atoms. The lowest BCUT2D eigenvalue weighted by molar-refractivity contribution is -0.0717. The number of halogens is 2. The third kappa shape index (κ3) is 5.69. The first-order valence-corrected chi connectivity index (χ1v) is 8.44. The third-order valence-electron chi connectivity index (χ3n) is 4.82. The zero-order valence-electron chi connectivity index (χ0n) is 14.3. The van der Waals surface area contributed by atoms with Crippen molar-refractivity contribution in [3.8, 4) is 0 Å². The second-order valence-electron chi connectivity index (χ2n) is 5.92. The highest BCUT2D eigenvalue weighted by Gasteiger charge is 2.43. The molecule has 2 saturated carbocycles. The van der Waals surface area contributed by atoms with Crippen molar-refractivity contribution in [2.75, 3.05) is 7.11 Å². The van der Waals surface area contributed by atoms with Gasteiger partial charge in [-0.3, -0.25) is 0 Å². The van der Waals surface area contributed by atoms with Gasteiger partial charge in [0.25, 0.3) is 0 Å². The molecule has 0 aromatic heterocycles. The van der Waals surface area contributed by atoms with E-state index in [2.05, 4.69) is 20.1 Å². The fourth-order valence-electron chi connectivity index (χ4n) is 3.57. The van der Waals surface area contributed by atoms with Gasteiger partial charge in [0.05, 0.1) is 6.10 Å². The molecule has 3 heteroatoms. The Bertz CT molecular complexity index is 250. The number of methoxy groups -OCH3 is 1. The predicted molar refractivity (Wildman–Crippen MR) is 87.0 cm³/mol. The summed E-state index contributed by atoms with van der Waals surface area (Å²) in [6.07, 6.45) is 2.73. The van der Waals surface area contributed by atoms with Gasteiger partial charge in [0.2, 0.25) is 0 Å². The maximum atomic E-state index is 14.1. The minimum atomic E-state index is -1.42. The van der Waals surface area contributed by atoms with Crippen LogP contribution in [0.15, 0.2) is 13.2 Å². The number of rotatable bonds is 2. The molecule has 0 radical (unpaired) electrons. The van der Waals surface area contributed by atoms with Crippen LogP contribution < -0.4 is 0 Å². The van der Waals surface area contributed by atoms with Crippen molar-refractivity contribution in [1.82, 2.24) is 0 Å². The van der Waals surface area contributed by atoms with E-state index in [1.807, 2.05) is 13.8 Å². The Morgan fingerprint density at radius 1 is 0.857 bits per heavy atom. The molecular formula is C18H34F2O. The summed E-state index contributed by atoms with van der Waals surface area (Å²) in [4.78, 5) is 0. The molecule has 0 N–H and O–H groups in total. The van der Waals surface area contributed by atoms with Crippen LogP contribution in [-0.2, 0) is 4.74 Å². The summed E-state index contributed by atoms with van der Waals surface area (Å²) in [5.41, 5.74) is 0. The second-order valence-corrected chi connectivity index (χ2v) is 5.92. The van der Waals surface area contributed by atoms with Gasteiger partial charge in [-0.15, -0.1) is 13.2 Å². The van der Waals surface area contributed by atoms with Crippen molar-refractivity contribution >= 4 is 0 Å². The first-order valence-electron chi connectivity index (χ1n) is 8.44. The van der Waals surface area contributed by atoms with Gasteiger partial charge in [-0.2, -0.15) is 0 Å². The summed E-state index contributed by atoms with van der Waals surface area (Å²) in [7, 11) is 1.48. The van der Waals surface area contributed by atoms with E-state index in [-0.39, 0.29) is 5.92 Å². The highest BCUT2D eigenvalue weighted by atomic mass is 19.2. The molecule has 2 aliphatic rings. The van der Waals surface area contributed by atoms with Crippen molar-refractivity contribution in [3.63, 3.8) is 0 Å². The first kappa shape index (κ1) is 20.6. The highest BCUT2D eigenvalue weighted by molar-refractivity contribution is 4.92. The summed E-state index contributed by atoms with van der Waals surface area (Å²) in [5.74, 6) is 1.10. The fourth-order valence-corrected chi connectivity index (χ4v) is 3.57. The third-order valence-corrected chi connectivity index (χ3v) is 4.82. The number of hydrogen-bond donors (Lipinski definition) is 0. The van der Waals surface area contributed by atoms with Gasteiger partial charge in [0.15, 0.2) is 6.17 Å². The first-order chi connectivity index (χ1) is 10.1. The lowest BCUT2D eigenvalue weighted by Gasteiger charge is -2.40. The average Bonchev–Trinajstić information content (AvgIpc) is 2.55. The lowest BCUT2D eigenvalue weighted by Crippen LogP contribution is -2.45. The molecule has 2 aliphatic carbocycles. The van der Waals surface area contributed by atoms with E-state index >= 15 is 0 Å². The van der Waals surface area contributed by atoms with Crippen molar-refractivity contribution in [2.45, 2.75) is 77.7 Å². The molecule has 126 valence electrons. The molecule has 21 heavy (non-hydrogen) atoms. The molecule has 0 aromatic carbocycles. The van der Waals surface area contributed by atoms with Gasteiger partial charge in [-0.25, -0.2) is 8.78 Å². The molecular weight excluding hydrogens is 270 g/mol. The topological polar surface area (TPSA) is 9.23 Å². The van der Waals surface area contributed by atoms with E-state index in [1.165, 1.54) is 20.0 Å². The standard InChI is InChI=1S/C14H24F2O.C2H6.C2H4/c1-9-3-5-10(6-4-9)11-7-8-12(17-2)14(16)13(11)15;2*1-2/h9-14H,3-8H2,1-2H3;1-2H3;1-2H2. The minimum absolute atomic E-state index is 0.0658. The summed E-state index contributed by atoms with van der Waals surface area (Å²) in [6, 6.07) is 0. The Labute approximate surface area is 130 Å². The highest BCUT2D eigenvalue weighted by Crippen LogP contribution is 2.42. The van der Waals surface area contributed by atoms with Crippen molar-refractivity contribution in [2.24, 2.45) is 17.8 Å². The molecule has 0 amide bonds. The normalized spacial score (nSPS) is 39.3. The Morgan fingerprint density at radius 3 is 1.86 bits per heavy atom. The molecule has 0 saturated heterocycles. The number of ether oxygens (including phenoxy) is 1. The van der Waals surface area contributed by atoms with Gasteiger partial charge in [-0.1, -0.05) is 33.6 Å². The van der Waals surface area contributed by atoms with Crippen LogP contribution >= 0.6 is 0 Å². The summed E-state index contributed by atoms with van der Waals surface area (Å²) >= 11 is 0. The van der Waals surface area contributed by atoms with E-state index in [4.69, 9.17) is 4.74 Å².